The van der Waals surface area contributed by atoms with Gasteiger partial charge in [0.2, 0.25) is 0 Å². The van der Waals surface area contributed by atoms with E-state index in [0.717, 1.165) is 28.4 Å². The number of methoxy groups -OCH3 is 1. The first-order chi connectivity index (χ1) is 9.28. The van der Waals surface area contributed by atoms with Crippen molar-refractivity contribution in [3.63, 3.8) is 0 Å². The Bertz CT molecular complexity index is 652. The van der Waals surface area contributed by atoms with E-state index in [1.165, 1.54) is 0 Å². The summed E-state index contributed by atoms with van der Waals surface area (Å²) in [7, 11) is 1.62. The van der Waals surface area contributed by atoms with Gasteiger partial charge >= 0.3 is 0 Å². The minimum absolute atomic E-state index is 0.644. The Labute approximate surface area is 116 Å². The van der Waals surface area contributed by atoms with Gasteiger partial charge in [0.05, 0.1) is 29.2 Å². The first-order valence-electron chi connectivity index (χ1n) is 5.85. The molecule has 1 aliphatic rings. The third-order valence-corrected chi connectivity index (χ3v) is 3.28. The van der Waals surface area contributed by atoms with Crippen molar-refractivity contribution in [3.8, 4) is 5.75 Å². The van der Waals surface area contributed by atoms with Crippen molar-refractivity contribution in [1.82, 2.24) is 0 Å². The van der Waals surface area contributed by atoms with Gasteiger partial charge in [-0.2, -0.15) is 0 Å². The maximum Gasteiger partial charge on any atom is 0.120 e. The van der Waals surface area contributed by atoms with Crippen molar-refractivity contribution < 1.29 is 4.74 Å². The van der Waals surface area contributed by atoms with Crippen LogP contribution < -0.4 is 15.4 Å². The monoisotopic (exact) mass is 271 g/mol. The van der Waals surface area contributed by atoms with Crippen LogP contribution in [0.15, 0.2) is 42.6 Å². The molecule has 0 saturated carbocycles. The van der Waals surface area contributed by atoms with Gasteiger partial charge in [-0.25, -0.2) is 0 Å². The number of hydrogen-bond acceptors (Lipinski definition) is 3. The Kier molecular flexibility index (Phi) is 3.05. The van der Waals surface area contributed by atoms with Crippen LogP contribution >= 0.6 is 11.6 Å². The van der Waals surface area contributed by atoms with Crippen molar-refractivity contribution >= 4 is 28.7 Å². The van der Waals surface area contributed by atoms with Crippen LogP contribution in [-0.4, -0.2) is 7.11 Å². The summed E-state index contributed by atoms with van der Waals surface area (Å²) in [6.07, 6.45) is 1.89. The van der Waals surface area contributed by atoms with Gasteiger partial charge < -0.3 is 15.4 Å². The van der Waals surface area contributed by atoms with Crippen LogP contribution in [0, 0.1) is 6.07 Å². The molecule has 4 heteroatoms. The fourth-order valence-electron chi connectivity index (χ4n) is 1.98. The molecule has 0 fully saturated rings. The third kappa shape index (κ3) is 2.25. The normalized spacial score (nSPS) is 12.8. The van der Waals surface area contributed by atoms with Crippen molar-refractivity contribution in [2.24, 2.45) is 0 Å². The lowest BCUT2D eigenvalue weighted by atomic mass is 10.1. The van der Waals surface area contributed by atoms with Gasteiger partial charge in [0.1, 0.15) is 5.75 Å². The molecule has 0 aliphatic carbocycles. The molecule has 1 aliphatic heterocycles. The van der Waals surface area contributed by atoms with E-state index >= 15 is 0 Å². The highest BCUT2D eigenvalue weighted by molar-refractivity contribution is 6.32. The molecular formula is C15H12ClN2O. The number of halogens is 1. The van der Waals surface area contributed by atoms with Crippen LogP contribution in [0.25, 0.3) is 5.70 Å². The third-order valence-electron chi connectivity index (χ3n) is 2.97. The highest BCUT2D eigenvalue weighted by Crippen LogP contribution is 2.33. The van der Waals surface area contributed by atoms with E-state index in [-0.39, 0.29) is 0 Å². The van der Waals surface area contributed by atoms with Gasteiger partial charge in [-0.05, 0) is 36.4 Å². The maximum absolute atomic E-state index is 6.27. The lowest BCUT2D eigenvalue weighted by Gasteiger charge is -2.21. The highest BCUT2D eigenvalue weighted by atomic mass is 35.5. The number of nitrogens with one attached hydrogen (secondary N) is 2. The van der Waals surface area contributed by atoms with E-state index in [0.29, 0.717) is 5.02 Å². The van der Waals surface area contributed by atoms with Gasteiger partial charge in [-0.3, -0.25) is 0 Å². The molecule has 0 saturated heterocycles. The van der Waals surface area contributed by atoms with Crippen molar-refractivity contribution in [3.05, 3.63) is 59.3 Å². The molecule has 0 aromatic heterocycles. The molecule has 2 aromatic carbocycles. The van der Waals surface area contributed by atoms with E-state index in [4.69, 9.17) is 16.3 Å². The summed E-state index contributed by atoms with van der Waals surface area (Å²) in [6, 6.07) is 14.4. The summed E-state index contributed by atoms with van der Waals surface area (Å²) in [6.45, 7) is 0. The predicted molar refractivity (Wildman–Crippen MR) is 78.5 cm³/mol. The number of fused-ring (bicyclic) bond motifs is 1. The minimum Gasteiger partial charge on any atom is -0.497 e. The van der Waals surface area contributed by atoms with E-state index in [2.05, 4.69) is 16.7 Å². The zero-order valence-electron chi connectivity index (χ0n) is 10.3. The number of rotatable bonds is 2. The number of hydrogen-bond donors (Lipinski definition) is 2. The molecule has 1 radical (unpaired) electrons. The standard InChI is InChI=1S/C15H12ClN2O/c1-19-10-6-7-11(12(16)8-10)15-9-17-13-4-2-3-5-14(13)18-15/h3-9,17-18H,1H3. The van der Waals surface area contributed by atoms with Crippen molar-refractivity contribution in [2.75, 3.05) is 17.7 Å². The molecule has 0 amide bonds. The van der Waals surface area contributed by atoms with E-state index in [1.807, 2.05) is 36.5 Å². The van der Waals surface area contributed by atoms with E-state index in [9.17, 15) is 0 Å². The second-order valence-corrected chi connectivity index (χ2v) is 4.55. The van der Waals surface area contributed by atoms with Crippen molar-refractivity contribution in [2.45, 2.75) is 0 Å². The quantitative estimate of drug-likeness (QED) is 0.867. The fourth-order valence-corrected chi connectivity index (χ4v) is 2.25. The number of benzene rings is 2. The lowest BCUT2D eigenvalue weighted by molar-refractivity contribution is 0.415. The maximum atomic E-state index is 6.27. The molecule has 2 aromatic rings. The van der Waals surface area contributed by atoms with Crippen LogP contribution in [0.3, 0.4) is 0 Å². The Morgan fingerprint density at radius 2 is 2.11 bits per heavy atom. The summed E-state index contributed by atoms with van der Waals surface area (Å²) in [5, 5.41) is 7.21. The average Bonchev–Trinajstić information content (AvgIpc) is 2.46. The molecule has 1 heterocycles. The minimum atomic E-state index is 0.644. The molecule has 0 spiro atoms. The lowest BCUT2D eigenvalue weighted by Crippen LogP contribution is -2.09. The summed E-state index contributed by atoms with van der Waals surface area (Å²) in [4.78, 5) is 0. The summed E-state index contributed by atoms with van der Waals surface area (Å²) in [5.74, 6) is 0.744. The van der Waals surface area contributed by atoms with Crippen LogP contribution in [0.4, 0.5) is 11.4 Å². The average molecular weight is 272 g/mol. The van der Waals surface area contributed by atoms with Gasteiger partial charge in [0.25, 0.3) is 0 Å². The van der Waals surface area contributed by atoms with E-state index in [1.54, 1.807) is 13.2 Å². The zero-order valence-corrected chi connectivity index (χ0v) is 11.1. The zero-order chi connectivity index (χ0) is 13.2. The smallest absolute Gasteiger partial charge is 0.120 e. The molecule has 0 bridgehead atoms. The summed E-state index contributed by atoms with van der Waals surface area (Å²) in [5.41, 5.74) is 3.85. The summed E-state index contributed by atoms with van der Waals surface area (Å²) >= 11 is 6.27. The second kappa shape index (κ2) is 4.86. The Balaban J connectivity index is 1.95. The van der Waals surface area contributed by atoms with Gasteiger partial charge in [-0.15, -0.1) is 0 Å². The molecule has 3 rings (SSSR count). The summed E-state index contributed by atoms with van der Waals surface area (Å²) < 4.78 is 5.15. The molecule has 0 atom stereocenters. The topological polar surface area (TPSA) is 33.3 Å². The Morgan fingerprint density at radius 1 is 1.21 bits per heavy atom. The van der Waals surface area contributed by atoms with Crippen molar-refractivity contribution in [1.29, 1.82) is 0 Å². The largest absolute Gasteiger partial charge is 0.497 e. The van der Waals surface area contributed by atoms with E-state index < -0.39 is 0 Å². The predicted octanol–water partition coefficient (Wildman–Crippen LogP) is 3.98. The molecule has 95 valence electrons. The first kappa shape index (κ1) is 11.9. The molecule has 3 nitrogen and oxygen atoms in total. The number of ether oxygens (including phenoxy) is 1. The first-order valence-corrected chi connectivity index (χ1v) is 6.23. The fraction of sp³-hybridized carbons (Fsp3) is 0.0667. The highest BCUT2D eigenvalue weighted by Gasteiger charge is 2.13. The number of anilines is 2. The Morgan fingerprint density at radius 3 is 2.89 bits per heavy atom. The SMILES string of the molecule is COc1ccc(C2=CNc3c[c]ccc3N2)c(Cl)c1. The van der Waals surface area contributed by atoms with Crippen LogP contribution in [0.5, 0.6) is 5.75 Å². The molecule has 2 N–H and O–H groups in total. The Hall–Kier alpha value is -2.13. The molecule has 19 heavy (non-hydrogen) atoms. The van der Waals surface area contributed by atoms with Gasteiger partial charge in [0.15, 0.2) is 0 Å². The van der Waals surface area contributed by atoms with Gasteiger partial charge in [-0.1, -0.05) is 17.7 Å². The van der Waals surface area contributed by atoms with Crippen LogP contribution in [0.2, 0.25) is 5.02 Å². The molecule has 0 unspecified atom stereocenters. The molecular weight excluding hydrogens is 260 g/mol. The van der Waals surface area contributed by atoms with Crippen LogP contribution in [0.1, 0.15) is 5.56 Å². The second-order valence-electron chi connectivity index (χ2n) is 4.14. The van der Waals surface area contributed by atoms with Gasteiger partial charge in [0, 0.05) is 11.8 Å². The van der Waals surface area contributed by atoms with Crippen LogP contribution in [-0.2, 0) is 0 Å².